The smallest absolute Gasteiger partial charge is 0.155 e. The second-order valence-electron chi connectivity index (χ2n) is 2.74. The fourth-order valence-corrected chi connectivity index (χ4v) is 0.643. The zero-order chi connectivity index (χ0) is 9.56. The predicted molar refractivity (Wildman–Crippen MR) is 49.9 cm³/mol. The molecule has 0 fully saturated rings. The first-order chi connectivity index (χ1) is 5.61. The molecule has 2 nitrogen and oxygen atoms in total. The second-order valence-corrected chi connectivity index (χ2v) is 2.74. The predicted octanol–water partition coefficient (Wildman–Crippen LogP) is 1.85. The molecule has 0 atom stereocenters. The molecule has 0 aliphatic heterocycles. The Morgan fingerprint density at radius 1 is 1.33 bits per heavy atom. The summed E-state index contributed by atoms with van der Waals surface area (Å²) in [6.07, 6.45) is 4.37. The number of rotatable bonds is 4. The molecule has 0 aromatic carbocycles. The van der Waals surface area contributed by atoms with Crippen LogP contribution in [0.4, 0.5) is 0 Å². The topological polar surface area (TPSA) is 37.3 Å². The zero-order valence-electron chi connectivity index (χ0n) is 7.92. The monoisotopic (exact) mass is 168 g/mol. The average molecular weight is 168 g/mol. The van der Waals surface area contributed by atoms with Crippen molar-refractivity contribution in [2.24, 2.45) is 0 Å². The maximum Gasteiger partial charge on any atom is 0.155 e. The summed E-state index contributed by atoms with van der Waals surface area (Å²) in [6, 6.07) is 0. The molecule has 0 aliphatic carbocycles. The molecule has 0 aromatic rings. The molecule has 0 rings (SSSR count). The molecule has 0 aromatic heterocycles. The maximum absolute atomic E-state index is 10.8. The molecule has 0 bridgehead atoms. The van der Waals surface area contributed by atoms with Gasteiger partial charge in [-0.2, -0.15) is 0 Å². The van der Waals surface area contributed by atoms with E-state index in [0.29, 0.717) is 0 Å². The summed E-state index contributed by atoms with van der Waals surface area (Å²) in [5.74, 6) is 0.0691. The summed E-state index contributed by atoms with van der Waals surface area (Å²) in [7, 11) is 0. The molecular formula is C10H16O2. The molecule has 1 N–H and O–H groups in total. The van der Waals surface area contributed by atoms with Gasteiger partial charge in [0.15, 0.2) is 5.78 Å². The number of hydrogen-bond donors (Lipinski definition) is 1. The van der Waals surface area contributed by atoms with Crippen molar-refractivity contribution in [3.8, 4) is 0 Å². The van der Waals surface area contributed by atoms with Gasteiger partial charge in [-0.15, -0.1) is 0 Å². The van der Waals surface area contributed by atoms with Crippen LogP contribution in [0.1, 0.15) is 27.2 Å². The van der Waals surface area contributed by atoms with Crippen molar-refractivity contribution in [2.45, 2.75) is 27.2 Å². The average Bonchev–Trinajstić information content (AvgIpc) is 2.05. The lowest BCUT2D eigenvalue weighted by Gasteiger charge is -1.96. The summed E-state index contributed by atoms with van der Waals surface area (Å²) in [5, 5.41) is 8.80. The molecule has 0 radical (unpaired) electrons. The molecule has 0 aliphatic rings. The van der Waals surface area contributed by atoms with Crippen LogP contribution >= 0.6 is 0 Å². The zero-order valence-corrected chi connectivity index (χ0v) is 7.92. The van der Waals surface area contributed by atoms with Crippen molar-refractivity contribution >= 4 is 5.78 Å². The van der Waals surface area contributed by atoms with Crippen molar-refractivity contribution < 1.29 is 9.90 Å². The SMILES string of the molecule is CC/C(=C\C=C(/C)C(C)=O)CO. The number of carbonyl (C=O) groups is 1. The van der Waals surface area contributed by atoms with E-state index in [1.807, 2.05) is 6.92 Å². The highest BCUT2D eigenvalue weighted by Crippen LogP contribution is 2.01. The van der Waals surface area contributed by atoms with Crippen LogP contribution in [0.5, 0.6) is 0 Å². The molecule has 0 amide bonds. The summed E-state index contributed by atoms with van der Waals surface area (Å²) < 4.78 is 0. The third kappa shape index (κ3) is 4.09. The van der Waals surface area contributed by atoms with Crippen molar-refractivity contribution in [1.82, 2.24) is 0 Å². The Kier molecular flexibility index (Phi) is 5.30. The first kappa shape index (κ1) is 11.1. The van der Waals surface area contributed by atoms with E-state index in [-0.39, 0.29) is 12.4 Å². The fraction of sp³-hybridized carbons (Fsp3) is 0.500. The van der Waals surface area contributed by atoms with E-state index >= 15 is 0 Å². The van der Waals surface area contributed by atoms with Crippen LogP contribution in [0.3, 0.4) is 0 Å². The van der Waals surface area contributed by atoms with E-state index in [1.54, 1.807) is 19.1 Å². The van der Waals surface area contributed by atoms with Gasteiger partial charge in [0.05, 0.1) is 6.61 Å². The minimum Gasteiger partial charge on any atom is -0.392 e. The van der Waals surface area contributed by atoms with E-state index in [9.17, 15) is 4.79 Å². The quantitative estimate of drug-likeness (QED) is 0.514. The summed E-state index contributed by atoms with van der Waals surface area (Å²) in [6.45, 7) is 5.34. The number of carbonyl (C=O) groups excluding carboxylic acids is 1. The van der Waals surface area contributed by atoms with E-state index in [4.69, 9.17) is 5.11 Å². The third-order valence-electron chi connectivity index (χ3n) is 1.78. The number of aliphatic hydroxyl groups is 1. The summed E-state index contributed by atoms with van der Waals surface area (Å²) in [4.78, 5) is 10.8. The van der Waals surface area contributed by atoms with Crippen LogP contribution in [0.15, 0.2) is 23.3 Å². The Morgan fingerprint density at radius 2 is 1.92 bits per heavy atom. The molecular weight excluding hydrogens is 152 g/mol. The van der Waals surface area contributed by atoms with Crippen LogP contribution in [-0.4, -0.2) is 17.5 Å². The van der Waals surface area contributed by atoms with Crippen LogP contribution in [0.2, 0.25) is 0 Å². The largest absolute Gasteiger partial charge is 0.392 e. The number of aliphatic hydroxyl groups excluding tert-OH is 1. The van der Waals surface area contributed by atoms with Gasteiger partial charge < -0.3 is 5.11 Å². The fourth-order valence-electron chi connectivity index (χ4n) is 0.643. The Bertz CT molecular complexity index is 206. The van der Waals surface area contributed by atoms with Crippen molar-refractivity contribution in [3.05, 3.63) is 23.3 Å². The first-order valence-electron chi connectivity index (χ1n) is 4.10. The molecule has 0 saturated carbocycles. The van der Waals surface area contributed by atoms with Crippen LogP contribution in [0.25, 0.3) is 0 Å². The summed E-state index contributed by atoms with van der Waals surface area (Å²) >= 11 is 0. The lowest BCUT2D eigenvalue weighted by Crippen LogP contribution is -1.91. The highest BCUT2D eigenvalue weighted by Gasteiger charge is 1.93. The normalized spacial score (nSPS) is 13.3. The van der Waals surface area contributed by atoms with Gasteiger partial charge in [0.2, 0.25) is 0 Å². The Labute approximate surface area is 73.6 Å². The molecule has 0 saturated heterocycles. The van der Waals surface area contributed by atoms with Gasteiger partial charge in [-0.3, -0.25) is 4.79 Å². The number of allylic oxidation sites excluding steroid dienone is 3. The van der Waals surface area contributed by atoms with E-state index < -0.39 is 0 Å². The molecule has 0 spiro atoms. The maximum atomic E-state index is 10.8. The van der Waals surface area contributed by atoms with Crippen molar-refractivity contribution in [1.29, 1.82) is 0 Å². The minimum atomic E-state index is 0.0676. The highest BCUT2D eigenvalue weighted by atomic mass is 16.3. The Balaban J connectivity index is 4.34. The highest BCUT2D eigenvalue weighted by molar-refractivity contribution is 5.92. The molecule has 0 unspecified atom stereocenters. The molecule has 12 heavy (non-hydrogen) atoms. The van der Waals surface area contributed by atoms with E-state index in [1.165, 1.54) is 6.92 Å². The summed E-state index contributed by atoms with van der Waals surface area (Å²) in [5.41, 5.74) is 1.66. The second kappa shape index (κ2) is 5.72. The van der Waals surface area contributed by atoms with E-state index in [2.05, 4.69) is 0 Å². The standard InChI is InChI=1S/C10H16O2/c1-4-10(7-11)6-5-8(2)9(3)12/h5-6,11H,4,7H2,1-3H3/b8-5+,10-6+. The first-order valence-corrected chi connectivity index (χ1v) is 4.10. The minimum absolute atomic E-state index is 0.0676. The van der Waals surface area contributed by atoms with E-state index in [0.717, 1.165) is 17.6 Å². The van der Waals surface area contributed by atoms with Gasteiger partial charge >= 0.3 is 0 Å². The van der Waals surface area contributed by atoms with Gasteiger partial charge in [0, 0.05) is 0 Å². The third-order valence-corrected chi connectivity index (χ3v) is 1.78. The van der Waals surface area contributed by atoms with Crippen LogP contribution in [0, 0.1) is 0 Å². The van der Waals surface area contributed by atoms with Crippen LogP contribution < -0.4 is 0 Å². The Morgan fingerprint density at radius 3 is 2.25 bits per heavy atom. The lowest BCUT2D eigenvalue weighted by molar-refractivity contribution is -0.113. The Hall–Kier alpha value is -0.890. The molecule has 68 valence electrons. The molecule has 0 heterocycles. The number of hydrogen-bond acceptors (Lipinski definition) is 2. The number of Topliss-reactive ketones (excluding diaryl/α,β-unsaturated/α-hetero) is 1. The van der Waals surface area contributed by atoms with Crippen LogP contribution in [-0.2, 0) is 4.79 Å². The van der Waals surface area contributed by atoms with Gasteiger partial charge in [0.1, 0.15) is 0 Å². The molecule has 2 heteroatoms. The lowest BCUT2D eigenvalue weighted by atomic mass is 10.1. The van der Waals surface area contributed by atoms with Gasteiger partial charge in [0.25, 0.3) is 0 Å². The van der Waals surface area contributed by atoms with Crippen molar-refractivity contribution in [2.75, 3.05) is 6.61 Å². The van der Waals surface area contributed by atoms with Crippen molar-refractivity contribution in [3.63, 3.8) is 0 Å². The van der Waals surface area contributed by atoms with Gasteiger partial charge in [-0.1, -0.05) is 19.1 Å². The van der Waals surface area contributed by atoms with Gasteiger partial charge in [-0.25, -0.2) is 0 Å². The number of ketones is 1. The van der Waals surface area contributed by atoms with Gasteiger partial charge in [-0.05, 0) is 31.4 Å².